The second-order valence-corrected chi connectivity index (χ2v) is 8.23. The lowest BCUT2D eigenvalue weighted by Crippen LogP contribution is -2.44. The first-order valence-corrected chi connectivity index (χ1v) is 10.7. The third kappa shape index (κ3) is 3.95. The average molecular weight is 503 g/mol. The molecule has 0 saturated carbocycles. The van der Waals surface area contributed by atoms with Crippen LogP contribution in [0.2, 0.25) is 5.02 Å². The highest BCUT2D eigenvalue weighted by atomic mass is 35.5. The highest BCUT2D eigenvalue weighted by Crippen LogP contribution is 2.41. The van der Waals surface area contributed by atoms with E-state index in [1.54, 1.807) is 17.3 Å². The topological polar surface area (TPSA) is 128 Å². The van der Waals surface area contributed by atoms with Crippen LogP contribution in [0.4, 0.5) is 24.8 Å². The number of rotatable bonds is 3. The van der Waals surface area contributed by atoms with E-state index in [1.165, 1.54) is 31.6 Å². The first-order valence-electron chi connectivity index (χ1n) is 10.3. The average Bonchev–Trinajstić information content (AvgIpc) is 2.96. The van der Waals surface area contributed by atoms with Gasteiger partial charge in [0.05, 0.1) is 33.4 Å². The highest BCUT2D eigenvalue weighted by molar-refractivity contribution is 6.33. The van der Waals surface area contributed by atoms with Crippen LogP contribution in [-0.4, -0.2) is 26.5 Å². The van der Waals surface area contributed by atoms with Gasteiger partial charge in [-0.3, -0.25) is 4.99 Å². The van der Waals surface area contributed by atoms with Crippen molar-refractivity contribution in [3.05, 3.63) is 69.4 Å². The number of nitrogens with zero attached hydrogens (tertiary/aromatic N) is 5. The van der Waals surface area contributed by atoms with Crippen molar-refractivity contribution in [3.63, 3.8) is 0 Å². The van der Waals surface area contributed by atoms with Crippen molar-refractivity contribution in [2.24, 2.45) is 4.99 Å². The number of aryl methyl sites for hydroxylation is 1. The fraction of sp³-hybridized carbons (Fsp3) is 0.182. The summed E-state index contributed by atoms with van der Waals surface area (Å²) < 4.78 is 47.7. The fourth-order valence-electron chi connectivity index (χ4n) is 4.10. The van der Waals surface area contributed by atoms with Crippen LogP contribution in [0.15, 0.2) is 42.1 Å². The zero-order chi connectivity index (χ0) is 24.9. The SMILES string of the molecule is Cc1cc(N)nc(-c2cc3c4c(c2Cl)=NCNC=4N(Cc2cncnc2N)C=CO3)c1C(F)(F)F. The molecule has 0 fully saturated rings. The Morgan fingerprint density at radius 1 is 1.26 bits per heavy atom. The number of hydrogen-bond acceptors (Lipinski definition) is 9. The van der Waals surface area contributed by atoms with Gasteiger partial charge in [0.1, 0.15) is 42.5 Å². The molecule has 9 nitrogen and oxygen atoms in total. The molecule has 13 heteroatoms. The summed E-state index contributed by atoms with van der Waals surface area (Å²) in [4.78, 5) is 18.2. The normalized spacial score (nSPS) is 14.5. The molecule has 35 heavy (non-hydrogen) atoms. The molecule has 0 bridgehead atoms. The Morgan fingerprint density at radius 3 is 2.80 bits per heavy atom. The number of benzene rings is 1. The van der Waals surface area contributed by atoms with Gasteiger partial charge in [-0.1, -0.05) is 11.6 Å². The number of pyridine rings is 1. The van der Waals surface area contributed by atoms with Crippen LogP contribution in [0, 0.1) is 6.92 Å². The predicted molar refractivity (Wildman–Crippen MR) is 123 cm³/mol. The number of halogens is 4. The van der Waals surface area contributed by atoms with Crippen molar-refractivity contribution >= 4 is 29.1 Å². The van der Waals surface area contributed by atoms with E-state index in [0.29, 0.717) is 29.0 Å². The Labute approximate surface area is 201 Å². The molecule has 2 aliphatic heterocycles. The molecule has 0 unspecified atom stereocenters. The maximum Gasteiger partial charge on any atom is 0.418 e. The summed E-state index contributed by atoms with van der Waals surface area (Å²) in [6.07, 6.45) is 1.32. The Kier molecular flexibility index (Phi) is 5.39. The van der Waals surface area contributed by atoms with E-state index in [1.807, 2.05) is 0 Å². The molecule has 0 amide bonds. The molecule has 5 rings (SSSR count). The van der Waals surface area contributed by atoms with Crippen LogP contribution >= 0.6 is 11.6 Å². The standard InChI is InChI=1S/C22H18ClF3N8O/c1-10-4-14(27)33-18(16(10)22(24,25)26)12-5-13-15-19(17(12)23)30-9-32-21(15)34(2-3-35-13)7-11-6-29-8-31-20(11)28/h2-6,8,32H,7,9H2,1H3,(H2,27,33)(H2,28,29,31). The van der Waals surface area contributed by atoms with Crippen molar-refractivity contribution in [1.29, 1.82) is 0 Å². The van der Waals surface area contributed by atoms with Crippen molar-refractivity contribution in [2.75, 3.05) is 18.1 Å². The number of anilines is 2. The number of nitrogens with one attached hydrogen (secondary N) is 1. The van der Waals surface area contributed by atoms with Crippen LogP contribution in [0.1, 0.15) is 16.7 Å². The summed E-state index contributed by atoms with van der Waals surface area (Å²) >= 11 is 6.68. The molecule has 0 saturated heterocycles. The quantitative estimate of drug-likeness (QED) is 0.498. The minimum Gasteiger partial charge on any atom is -0.463 e. The largest absolute Gasteiger partial charge is 0.463 e. The van der Waals surface area contributed by atoms with E-state index in [0.717, 1.165) is 0 Å². The molecule has 1 aromatic carbocycles. The lowest BCUT2D eigenvalue weighted by atomic mass is 9.99. The third-order valence-corrected chi connectivity index (χ3v) is 5.97. The summed E-state index contributed by atoms with van der Waals surface area (Å²) in [6, 6.07) is 2.58. The number of alkyl halides is 3. The zero-order valence-corrected chi connectivity index (χ0v) is 18.9. The molecule has 0 spiro atoms. The lowest BCUT2D eigenvalue weighted by Gasteiger charge is -2.25. The summed E-state index contributed by atoms with van der Waals surface area (Å²) in [5.41, 5.74) is 11.1. The Bertz CT molecular complexity index is 1510. The van der Waals surface area contributed by atoms with E-state index >= 15 is 0 Å². The number of hydrogen-bond donors (Lipinski definition) is 3. The Hall–Kier alpha value is -4.06. The zero-order valence-electron chi connectivity index (χ0n) is 18.2. The van der Waals surface area contributed by atoms with Gasteiger partial charge in [0.2, 0.25) is 0 Å². The van der Waals surface area contributed by atoms with Crippen LogP contribution < -0.4 is 32.1 Å². The lowest BCUT2D eigenvalue weighted by molar-refractivity contribution is -0.137. The molecule has 3 aromatic rings. The molecular weight excluding hydrogens is 485 g/mol. The van der Waals surface area contributed by atoms with Crippen molar-refractivity contribution in [2.45, 2.75) is 19.6 Å². The van der Waals surface area contributed by atoms with Gasteiger partial charge in [0.25, 0.3) is 0 Å². The Morgan fingerprint density at radius 2 is 2.06 bits per heavy atom. The minimum atomic E-state index is -4.68. The molecule has 2 aliphatic rings. The van der Waals surface area contributed by atoms with E-state index < -0.39 is 17.4 Å². The van der Waals surface area contributed by atoms with Crippen molar-refractivity contribution in [3.8, 4) is 17.0 Å². The highest BCUT2D eigenvalue weighted by Gasteiger charge is 2.38. The number of ether oxygens (including phenoxy) is 1. The van der Waals surface area contributed by atoms with E-state index in [2.05, 4.69) is 25.3 Å². The molecule has 5 N–H and O–H groups in total. The molecule has 0 aliphatic carbocycles. The monoisotopic (exact) mass is 502 g/mol. The van der Waals surface area contributed by atoms with Gasteiger partial charge < -0.3 is 26.4 Å². The van der Waals surface area contributed by atoms with Gasteiger partial charge in [-0.25, -0.2) is 15.0 Å². The number of aromatic nitrogens is 3. The first-order chi connectivity index (χ1) is 16.6. The van der Waals surface area contributed by atoms with Crippen LogP contribution in [0.5, 0.6) is 5.75 Å². The van der Waals surface area contributed by atoms with Crippen LogP contribution in [0.3, 0.4) is 0 Å². The van der Waals surface area contributed by atoms with Gasteiger partial charge in [-0.15, -0.1) is 0 Å². The van der Waals surface area contributed by atoms with E-state index in [9.17, 15) is 13.2 Å². The summed E-state index contributed by atoms with van der Waals surface area (Å²) in [5.74, 6) is 1.08. The van der Waals surface area contributed by atoms with Gasteiger partial charge in [0, 0.05) is 23.5 Å². The molecule has 0 atom stereocenters. The van der Waals surface area contributed by atoms with Crippen LogP contribution in [-0.2, 0) is 12.7 Å². The van der Waals surface area contributed by atoms with E-state index in [-0.39, 0.29) is 39.7 Å². The summed E-state index contributed by atoms with van der Waals surface area (Å²) in [6.45, 7) is 1.74. The molecule has 0 radical (unpaired) electrons. The smallest absolute Gasteiger partial charge is 0.418 e. The fourth-order valence-corrected chi connectivity index (χ4v) is 4.40. The van der Waals surface area contributed by atoms with E-state index in [4.69, 9.17) is 27.8 Å². The van der Waals surface area contributed by atoms with Crippen LogP contribution in [0.25, 0.3) is 17.1 Å². The summed E-state index contributed by atoms with van der Waals surface area (Å²) in [5, 5.41) is 3.93. The van der Waals surface area contributed by atoms with Gasteiger partial charge in [-0.2, -0.15) is 13.2 Å². The van der Waals surface area contributed by atoms with Crippen molar-refractivity contribution < 1.29 is 17.9 Å². The minimum absolute atomic E-state index is 0.00115. The van der Waals surface area contributed by atoms with Gasteiger partial charge in [0.15, 0.2) is 0 Å². The molecule has 4 heterocycles. The number of nitrogen functional groups attached to an aromatic ring is 2. The molecule has 180 valence electrons. The second kappa shape index (κ2) is 8.31. The maximum atomic E-state index is 14.0. The second-order valence-electron chi connectivity index (χ2n) is 7.85. The summed E-state index contributed by atoms with van der Waals surface area (Å²) in [7, 11) is 0. The van der Waals surface area contributed by atoms with Crippen molar-refractivity contribution in [1.82, 2.24) is 25.2 Å². The molecule has 2 aromatic heterocycles. The first kappa shape index (κ1) is 22.7. The Balaban J connectivity index is 1.75. The maximum absolute atomic E-state index is 14.0. The predicted octanol–water partition coefficient (Wildman–Crippen LogP) is 2.30. The number of nitrogens with two attached hydrogens (primary N) is 2. The van der Waals surface area contributed by atoms with Gasteiger partial charge >= 0.3 is 6.18 Å². The van der Waals surface area contributed by atoms with Gasteiger partial charge in [-0.05, 0) is 24.6 Å². The third-order valence-electron chi connectivity index (χ3n) is 5.59. The molecular formula is C22H18ClF3N8O.